The van der Waals surface area contributed by atoms with E-state index in [1.165, 1.54) is 18.5 Å². The molecule has 0 saturated heterocycles. The third kappa shape index (κ3) is 3.93. The van der Waals surface area contributed by atoms with Gasteiger partial charge >= 0.3 is 12.0 Å². The zero-order chi connectivity index (χ0) is 15.4. The van der Waals surface area contributed by atoms with Crippen molar-refractivity contribution in [2.75, 3.05) is 10.6 Å². The Morgan fingerprint density at radius 1 is 1.19 bits per heavy atom. The van der Waals surface area contributed by atoms with Gasteiger partial charge in [-0.15, -0.1) is 0 Å². The molecule has 3 N–H and O–H groups in total. The number of carboxylic acid groups (broad SMARTS) is 1. The van der Waals surface area contributed by atoms with E-state index in [9.17, 15) is 9.59 Å². The number of aryl methyl sites for hydroxylation is 1. The number of hydrogen-bond acceptors (Lipinski definition) is 3. The van der Waals surface area contributed by atoms with Gasteiger partial charge in [0.2, 0.25) is 0 Å². The lowest BCUT2D eigenvalue weighted by Gasteiger charge is -2.09. The van der Waals surface area contributed by atoms with Crippen LogP contribution in [-0.4, -0.2) is 22.1 Å². The van der Waals surface area contributed by atoms with Crippen LogP contribution in [0.1, 0.15) is 15.9 Å². The van der Waals surface area contributed by atoms with Crippen LogP contribution in [0.4, 0.5) is 16.2 Å². The number of carbonyl (C=O) groups is 2. The van der Waals surface area contributed by atoms with Gasteiger partial charge in [-0.3, -0.25) is 4.98 Å². The summed E-state index contributed by atoms with van der Waals surface area (Å²) in [6.45, 7) is 1.87. The number of nitrogens with zero attached hydrogens (tertiary/aromatic N) is 1. The van der Waals surface area contributed by atoms with Crippen molar-refractivity contribution in [3.05, 3.63) is 52.8 Å². The fourth-order valence-electron chi connectivity index (χ4n) is 1.64. The van der Waals surface area contributed by atoms with Gasteiger partial charge in [-0.1, -0.05) is 17.7 Å². The molecule has 0 atom stereocenters. The highest BCUT2D eigenvalue weighted by atomic mass is 35.5. The maximum atomic E-state index is 11.9. The smallest absolute Gasteiger partial charge is 0.337 e. The zero-order valence-corrected chi connectivity index (χ0v) is 11.8. The molecule has 0 unspecified atom stereocenters. The van der Waals surface area contributed by atoms with Crippen LogP contribution >= 0.6 is 11.6 Å². The summed E-state index contributed by atoms with van der Waals surface area (Å²) < 4.78 is 0. The van der Waals surface area contributed by atoms with E-state index in [1.807, 2.05) is 13.0 Å². The van der Waals surface area contributed by atoms with Gasteiger partial charge in [0.05, 0.1) is 28.2 Å². The normalized spacial score (nSPS) is 10.0. The number of hydrogen-bond donors (Lipinski definition) is 3. The highest BCUT2D eigenvalue weighted by molar-refractivity contribution is 6.33. The molecule has 2 aromatic rings. The average Bonchev–Trinajstić information content (AvgIpc) is 2.43. The number of anilines is 2. The minimum atomic E-state index is -1.12. The molecule has 0 bridgehead atoms. The predicted octanol–water partition coefficient (Wildman–Crippen LogP) is 3.39. The molecule has 108 valence electrons. The second kappa shape index (κ2) is 6.23. The van der Waals surface area contributed by atoms with Crippen LogP contribution in [0.25, 0.3) is 0 Å². The third-order valence-electron chi connectivity index (χ3n) is 2.61. The van der Waals surface area contributed by atoms with Crippen molar-refractivity contribution in [2.24, 2.45) is 0 Å². The lowest BCUT2D eigenvalue weighted by atomic mass is 10.2. The van der Waals surface area contributed by atoms with Gasteiger partial charge in [0.15, 0.2) is 0 Å². The van der Waals surface area contributed by atoms with Crippen molar-refractivity contribution in [2.45, 2.75) is 6.92 Å². The number of halogens is 1. The maximum Gasteiger partial charge on any atom is 0.337 e. The van der Waals surface area contributed by atoms with Crippen molar-refractivity contribution in [1.82, 2.24) is 4.98 Å². The number of aromatic nitrogens is 1. The molecule has 1 aromatic heterocycles. The molecule has 7 heteroatoms. The molecule has 1 heterocycles. The lowest BCUT2D eigenvalue weighted by Crippen LogP contribution is -2.20. The first-order chi connectivity index (χ1) is 9.95. The van der Waals surface area contributed by atoms with E-state index < -0.39 is 12.0 Å². The monoisotopic (exact) mass is 305 g/mol. The van der Waals surface area contributed by atoms with E-state index in [4.69, 9.17) is 16.7 Å². The Labute approximate surface area is 125 Å². The summed E-state index contributed by atoms with van der Waals surface area (Å²) in [6.07, 6.45) is 2.55. The molecule has 0 aliphatic rings. The van der Waals surface area contributed by atoms with Crippen LogP contribution in [-0.2, 0) is 0 Å². The quantitative estimate of drug-likeness (QED) is 0.810. The van der Waals surface area contributed by atoms with Crippen LogP contribution in [0.3, 0.4) is 0 Å². The number of nitrogens with one attached hydrogen (secondary N) is 2. The van der Waals surface area contributed by atoms with E-state index >= 15 is 0 Å². The number of rotatable bonds is 3. The van der Waals surface area contributed by atoms with Crippen LogP contribution in [0.5, 0.6) is 0 Å². The van der Waals surface area contributed by atoms with E-state index in [1.54, 1.807) is 12.1 Å². The summed E-state index contributed by atoms with van der Waals surface area (Å²) in [7, 11) is 0. The van der Waals surface area contributed by atoms with Crippen molar-refractivity contribution in [3.63, 3.8) is 0 Å². The maximum absolute atomic E-state index is 11.9. The van der Waals surface area contributed by atoms with Crippen LogP contribution in [0.15, 0.2) is 36.7 Å². The minimum absolute atomic E-state index is 0.0126. The number of pyridine rings is 1. The number of aromatic carboxylic acids is 1. The number of carboxylic acids is 1. The number of urea groups is 1. The average molecular weight is 306 g/mol. The van der Waals surface area contributed by atoms with Crippen molar-refractivity contribution >= 4 is 35.0 Å². The van der Waals surface area contributed by atoms with Gasteiger partial charge in [0, 0.05) is 6.20 Å². The molecule has 2 amide bonds. The van der Waals surface area contributed by atoms with Gasteiger partial charge < -0.3 is 15.7 Å². The molecular formula is C14H12ClN3O3. The highest BCUT2D eigenvalue weighted by Gasteiger charge is 2.09. The molecule has 0 spiro atoms. The summed E-state index contributed by atoms with van der Waals surface area (Å²) in [4.78, 5) is 26.4. The van der Waals surface area contributed by atoms with Gasteiger partial charge in [-0.25, -0.2) is 9.59 Å². The van der Waals surface area contributed by atoms with E-state index in [0.29, 0.717) is 10.7 Å². The molecule has 2 rings (SSSR count). The molecule has 0 aliphatic heterocycles. The second-order valence-electron chi connectivity index (χ2n) is 4.33. The molecule has 21 heavy (non-hydrogen) atoms. The minimum Gasteiger partial charge on any atom is -0.478 e. The first kappa shape index (κ1) is 14.8. The SMILES string of the molecule is Cc1ccc(Cl)c(NC(=O)Nc2cncc(C(=O)O)c2)c1. The largest absolute Gasteiger partial charge is 0.478 e. The lowest BCUT2D eigenvalue weighted by molar-refractivity contribution is 0.0696. The van der Waals surface area contributed by atoms with E-state index in [-0.39, 0.29) is 11.3 Å². The van der Waals surface area contributed by atoms with E-state index in [0.717, 1.165) is 5.56 Å². The Bertz CT molecular complexity index is 704. The standard InChI is InChI=1S/C14H12ClN3O3/c1-8-2-3-11(15)12(4-8)18-14(21)17-10-5-9(13(19)20)6-16-7-10/h2-7H,1H3,(H,19,20)(H2,17,18,21). The summed E-state index contributed by atoms with van der Waals surface area (Å²) in [6, 6.07) is 6.01. The molecule has 0 fully saturated rings. The molecular weight excluding hydrogens is 294 g/mol. The third-order valence-corrected chi connectivity index (χ3v) is 2.94. The highest BCUT2D eigenvalue weighted by Crippen LogP contribution is 2.22. The topological polar surface area (TPSA) is 91.3 Å². The van der Waals surface area contributed by atoms with Gasteiger partial charge in [0.25, 0.3) is 0 Å². The Kier molecular flexibility index (Phi) is 4.39. The zero-order valence-electron chi connectivity index (χ0n) is 11.1. The summed E-state index contributed by atoms with van der Waals surface area (Å²) >= 11 is 5.98. The first-order valence-corrected chi connectivity index (χ1v) is 6.36. The Morgan fingerprint density at radius 2 is 1.95 bits per heavy atom. The molecule has 0 radical (unpaired) electrons. The van der Waals surface area contributed by atoms with Gasteiger partial charge in [-0.2, -0.15) is 0 Å². The van der Waals surface area contributed by atoms with Crippen molar-refractivity contribution in [1.29, 1.82) is 0 Å². The van der Waals surface area contributed by atoms with Crippen molar-refractivity contribution in [3.8, 4) is 0 Å². The number of benzene rings is 1. The second-order valence-corrected chi connectivity index (χ2v) is 4.74. The fourth-order valence-corrected chi connectivity index (χ4v) is 1.81. The van der Waals surface area contributed by atoms with Gasteiger partial charge in [-0.05, 0) is 30.7 Å². The number of amides is 2. The molecule has 0 aliphatic carbocycles. The Hall–Kier alpha value is -2.60. The summed E-state index contributed by atoms with van der Waals surface area (Å²) in [5.41, 5.74) is 1.68. The van der Waals surface area contributed by atoms with Crippen LogP contribution < -0.4 is 10.6 Å². The first-order valence-electron chi connectivity index (χ1n) is 5.98. The Balaban J connectivity index is 2.10. The predicted molar refractivity (Wildman–Crippen MR) is 80.0 cm³/mol. The van der Waals surface area contributed by atoms with Crippen LogP contribution in [0, 0.1) is 6.92 Å². The fraction of sp³-hybridized carbons (Fsp3) is 0.0714. The molecule has 1 aromatic carbocycles. The summed E-state index contributed by atoms with van der Waals surface area (Å²) in [5, 5.41) is 14.4. The Morgan fingerprint density at radius 3 is 2.67 bits per heavy atom. The van der Waals surface area contributed by atoms with Crippen LogP contribution in [0.2, 0.25) is 5.02 Å². The molecule has 6 nitrogen and oxygen atoms in total. The molecule has 0 saturated carbocycles. The number of carbonyl (C=O) groups excluding carboxylic acids is 1. The van der Waals surface area contributed by atoms with Crippen molar-refractivity contribution < 1.29 is 14.7 Å². The summed E-state index contributed by atoms with van der Waals surface area (Å²) in [5.74, 6) is -1.12. The van der Waals surface area contributed by atoms with E-state index in [2.05, 4.69) is 15.6 Å². The van der Waals surface area contributed by atoms with Gasteiger partial charge in [0.1, 0.15) is 0 Å².